The molecule has 13 nitrogen and oxygen atoms in total. The molecular weight excluding hydrogens is 536 g/mol. The third kappa shape index (κ3) is 6.80. The fourth-order valence-corrected chi connectivity index (χ4v) is 4.14. The van der Waals surface area contributed by atoms with Crippen molar-refractivity contribution in [2.75, 3.05) is 0 Å². The Kier molecular flexibility index (Phi) is 7.54. The van der Waals surface area contributed by atoms with Crippen molar-refractivity contribution in [2.24, 2.45) is 20.5 Å². The SMILES string of the molecule is NS(=O)(=O)c1ccc(-c2ccc(/C=N\NC(=O)N/N=C/c3ccc(-c4ccc(S(N)(=O)=O)cc4)o3)o2)cc1. The molecule has 6 N–H and O–H groups in total. The fourth-order valence-electron chi connectivity index (χ4n) is 3.11. The topological polar surface area (TPSA) is 212 Å². The van der Waals surface area contributed by atoms with E-state index in [1.165, 1.54) is 36.7 Å². The maximum atomic E-state index is 11.9. The fraction of sp³-hybridized carbons (Fsp3) is 0. The van der Waals surface area contributed by atoms with Crippen LogP contribution in [-0.4, -0.2) is 35.3 Å². The summed E-state index contributed by atoms with van der Waals surface area (Å²) in [6.07, 6.45) is 2.54. The quantitative estimate of drug-likeness (QED) is 0.187. The summed E-state index contributed by atoms with van der Waals surface area (Å²) in [5.74, 6) is 1.58. The molecule has 0 aliphatic heterocycles. The lowest BCUT2D eigenvalue weighted by Gasteiger charge is -2.00. The molecule has 2 aromatic heterocycles. The average molecular weight is 557 g/mol. The molecule has 0 bridgehead atoms. The Morgan fingerprint density at radius 2 is 1.00 bits per heavy atom. The number of primary sulfonamides is 2. The van der Waals surface area contributed by atoms with Crippen molar-refractivity contribution < 1.29 is 30.5 Å². The van der Waals surface area contributed by atoms with Gasteiger partial charge in [0, 0.05) is 11.1 Å². The lowest BCUT2D eigenvalue weighted by Crippen LogP contribution is -2.28. The Hall–Kier alpha value is -4.57. The van der Waals surface area contributed by atoms with Gasteiger partial charge in [-0.15, -0.1) is 0 Å². The number of carbonyl (C=O) groups excluding carboxylic acids is 1. The molecular formula is C23H20N6O7S2. The van der Waals surface area contributed by atoms with Crippen LogP contribution in [0.4, 0.5) is 4.79 Å². The number of hydrogen-bond donors (Lipinski definition) is 4. The molecule has 0 spiro atoms. The zero-order chi connectivity index (χ0) is 27.3. The molecule has 15 heteroatoms. The highest BCUT2D eigenvalue weighted by molar-refractivity contribution is 7.89. The number of urea groups is 1. The van der Waals surface area contributed by atoms with E-state index in [9.17, 15) is 21.6 Å². The Bertz CT molecular complexity index is 1590. The van der Waals surface area contributed by atoms with E-state index in [-0.39, 0.29) is 9.79 Å². The smallest absolute Gasteiger partial charge is 0.355 e. The van der Waals surface area contributed by atoms with Gasteiger partial charge in [-0.25, -0.2) is 42.8 Å². The van der Waals surface area contributed by atoms with Gasteiger partial charge < -0.3 is 8.83 Å². The van der Waals surface area contributed by atoms with Crippen LogP contribution in [0.25, 0.3) is 22.6 Å². The molecule has 0 saturated heterocycles. The normalized spacial score (nSPS) is 12.3. The molecule has 38 heavy (non-hydrogen) atoms. The molecule has 0 fully saturated rings. The minimum Gasteiger partial charge on any atom is -0.455 e. The molecule has 0 aliphatic carbocycles. The predicted molar refractivity (Wildman–Crippen MR) is 138 cm³/mol. The van der Waals surface area contributed by atoms with Crippen LogP contribution in [0, 0.1) is 0 Å². The third-order valence-electron chi connectivity index (χ3n) is 4.90. The third-order valence-corrected chi connectivity index (χ3v) is 6.76. The first-order chi connectivity index (χ1) is 18.0. The predicted octanol–water partition coefficient (Wildman–Crippen LogP) is 2.17. The Labute approximate surface area is 216 Å². The van der Waals surface area contributed by atoms with E-state index in [4.69, 9.17) is 19.1 Å². The van der Waals surface area contributed by atoms with Crippen LogP contribution in [0.1, 0.15) is 11.5 Å². The lowest BCUT2D eigenvalue weighted by molar-refractivity contribution is 0.242. The van der Waals surface area contributed by atoms with Gasteiger partial charge in [-0.2, -0.15) is 10.2 Å². The van der Waals surface area contributed by atoms with Gasteiger partial charge in [-0.3, -0.25) is 0 Å². The van der Waals surface area contributed by atoms with Crippen molar-refractivity contribution in [1.29, 1.82) is 0 Å². The van der Waals surface area contributed by atoms with Gasteiger partial charge in [0.15, 0.2) is 0 Å². The zero-order valence-electron chi connectivity index (χ0n) is 19.3. The second-order valence-electron chi connectivity index (χ2n) is 7.61. The maximum absolute atomic E-state index is 11.9. The number of nitrogens with one attached hydrogen (secondary N) is 2. The molecule has 0 unspecified atom stereocenters. The Morgan fingerprint density at radius 3 is 1.34 bits per heavy atom. The van der Waals surface area contributed by atoms with Gasteiger partial charge in [-0.05, 0) is 72.8 Å². The molecule has 2 heterocycles. The van der Waals surface area contributed by atoms with Crippen molar-refractivity contribution in [3.05, 3.63) is 84.3 Å². The van der Waals surface area contributed by atoms with Crippen molar-refractivity contribution in [2.45, 2.75) is 9.79 Å². The first-order valence-corrected chi connectivity index (χ1v) is 13.7. The minimum absolute atomic E-state index is 0.0166. The van der Waals surface area contributed by atoms with E-state index in [2.05, 4.69) is 21.1 Å². The summed E-state index contributed by atoms with van der Waals surface area (Å²) in [4.78, 5) is 11.8. The largest absolute Gasteiger partial charge is 0.455 e. The number of carbonyl (C=O) groups is 1. The number of rotatable bonds is 8. The molecule has 0 radical (unpaired) electrons. The van der Waals surface area contributed by atoms with Gasteiger partial charge in [0.25, 0.3) is 0 Å². The van der Waals surface area contributed by atoms with Crippen molar-refractivity contribution in [1.82, 2.24) is 10.9 Å². The number of hydrazone groups is 2. The Morgan fingerprint density at radius 1 is 0.632 bits per heavy atom. The Balaban J connectivity index is 1.28. The van der Waals surface area contributed by atoms with E-state index in [0.29, 0.717) is 34.2 Å². The van der Waals surface area contributed by atoms with Crippen LogP contribution < -0.4 is 21.1 Å². The van der Waals surface area contributed by atoms with Crippen LogP contribution >= 0.6 is 0 Å². The molecule has 2 amide bonds. The summed E-state index contributed by atoms with van der Waals surface area (Å²) in [6.45, 7) is 0. The summed E-state index contributed by atoms with van der Waals surface area (Å²) < 4.78 is 56.6. The highest BCUT2D eigenvalue weighted by Crippen LogP contribution is 2.24. The maximum Gasteiger partial charge on any atom is 0.355 e. The molecule has 4 rings (SSSR count). The number of furan rings is 2. The molecule has 0 atom stereocenters. The molecule has 4 aromatic rings. The highest BCUT2D eigenvalue weighted by Gasteiger charge is 2.10. The van der Waals surface area contributed by atoms with Gasteiger partial charge in [0.1, 0.15) is 23.0 Å². The zero-order valence-corrected chi connectivity index (χ0v) is 20.9. The molecule has 2 aromatic carbocycles. The van der Waals surface area contributed by atoms with Crippen molar-refractivity contribution in [3.63, 3.8) is 0 Å². The van der Waals surface area contributed by atoms with Gasteiger partial charge >= 0.3 is 6.03 Å². The second kappa shape index (κ2) is 10.8. The number of hydrogen-bond acceptors (Lipinski definition) is 9. The summed E-state index contributed by atoms with van der Waals surface area (Å²) in [5, 5.41) is 17.7. The summed E-state index contributed by atoms with van der Waals surface area (Å²) in [6, 6.07) is 17.5. The first kappa shape index (κ1) is 26.5. The number of nitrogens with two attached hydrogens (primary N) is 2. The first-order valence-electron chi connectivity index (χ1n) is 10.6. The van der Waals surface area contributed by atoms with E-state index in [1.54, 1.807) is 48.5 Å². The van der Waals surface area contributed by atoms with E-state index in [1.807, 2.05) is 0 Å². The van der Waals surface area contributed by atoms with Crippen LogP contribution in [0.5, 0.6) is 0 Å². The average Bonchev–Trinajstić information content (AvgIpc) is 3.53. The van der Waals surface area contributed by atoms with Crippen LogP contribution in [-0.2, 0) is 20.0 Å². The molecule has 0 saturated carbocycles. The van der Waals surface area contributed by atoms with Gasteiger partial charge in [0.2, 0.25) is 20.0 Å². The number of nitrogens with zero attached hydrogens (tertiary/aromatic N) is 2. The standard InChI is InChI=1S/C23H20N6O7S2/c24-37(31,32)19-7-1-15(2-8-19)21-11-5-17(35-21)13-26-28-23(30)29-27-14-18-6-12-22(36-18)16-3-9-20(10-4-16)38(25,33)34/h1-14H,(H2,24,31,32)(H2,25,33,34)(H2,28,29,30)/b26-13-,27-14+. The van der Waals surface area contributed by atoms with Crippen LogP contribution in [0.3, 0.4) is 0 Å². The van der Waals surface area contributed by atoms with Crippen molar-refractivity contribution >= 4 is 38.5 Å². The van der Waals surface area contributed by atoms with Crippen LogP contribution in [0.2, 0.25) is 0 Å². The minimum atomic E-state index is -3.79. The summed E-state index contributed by atoms with van der Waals surface area (Å²) in [7, 11) is -7.58. The van der Waals surface area contributed by atoms with Crippen LogP contribution in [0.15, 0.2) is 102 Å². The number of benzene rings is 2. The monoisotopic (exact) mass is 556 g/mol. The summed E-state index contributed by atoms with van der Waals surface area (Å²) >= 11 is 0. The molecule has 0 aliphatic rings. The highest BCUT2D eigenvalue weighted by atomic mass is 32.2. The van der Waals surface area contributed by atoms with E-state index in [0.717, 1.165) is 0 Å². The lowest BCUT2D eigenvalue weighted by atomic mass is 10.2. The number of amides is 2. The summed E-state index contributed by atoms with van der Waals surface area (Å²) in [5.41, 5.74) is 5.68. The van der Waals surface area contributed by atoms with E-state index < -0.39 is 26.1 Å². The van der Waals surface area contributed by atoms with Crippen molar-refractivity contribution in [3.8, 4) is 22.6 Å². The van der Waals surface area contributed by atoms with Gasteiger partial charge in [0.05, 0.1) is 22.2 Å². The van der Waals surface area contributed by atoms with Gasteiger partial charge in [-0.1, -0.05) is 0 Å². The number of sulfonamides is 2. The molecule has 196 valence electrons. The van der Waals surface area contributed by atoms with E-state index >= 15 is 0 Å². The second-order valence-corrected chi connectivity index (χ2v) is 10.7.